The average Bonchev–Trinajstić information content (AvgIpc) is 1.60. The lowest BCUT2D eigenvalue weighted by Crippen LogP contribution is -2.46. The van der Waals surface area contributed by atoms with E-state index >= 15 is 0 Å². The van der Waals surface area contributed by atoms with Gasteiger partial charge in [0.2, 0.25) is 0 Å². The zero-order chi connectivity index (χ0) is 9.71. The Morgan fingerprint density at radius 1 is 1.36 bits per heavy atom. The summed E-state index contributed by atoms with van der Waals surface area (Å²) in [5.41, 5.74) is -2.84. The van der Waals surface area contributed by atoms with Gasteiger partial charge in [0, 0.05) is 0 Å². The summed E-state index contributed by atoms with van der Waals surface area (Å²) < 4.78 is 58.9. The van der Waals surface area contributed by atoms with Gasteiger partial charge in [0.05, 0.1) is 0 Å². The molecule has 0 radical (unpaired) electrons. The molecule has 0 spiro atoms. The van der Waals surface area contributed by atoms with Crippen molar-refractivity contribution in [3.05, 3.63) is 0 Å². The zero-order valence-electron chi connectivity index (χ0n) is 4.96. The van der Waals surface area contributed by atoms with Crippen molar-refractivity contribution >= 4 is 16.5 Å². The van der Waals surface area contributed by atoms with Gasteiger partial charge in [-0.1, -0.05) is 0 Å². The number of carbonyl (C=O) groups is 1. The largest absolute Gasteiger partial charge is 0.741 e. The van der Waals surface area contributed by atoms with Crippen LogP contribution in [-0.4, -0.2) is 24.9 Å². The van der Waals surface area contributed by atoms with Crippen LogP contribution in [0.25, 0.3) is 0 Å². The summed E-state index contributed by atoms with van der Waals surface area (Å²) >= 11 is 0. The second-order valence-electron chi connectivity index (χ2n) is 1.07. The van der Waals surface area contributed by atoms with Gasteiger partial charge in [0.15, 0.2) is 10.1 Å². The highest BCUT2D eigenvalue weighted by Crippen LogP contribution is 2.20. The molecule has 9 heteroatoms. The van der Waals surface area contributed by atoms with Crippen molar-refractivity contribution in [2.75, 3.05) is 0 Å². The lowest BCUT2D eigenvalue weighted by atomic mass is 11.5. The maximum atomic E-state index is 10.7. The van der Waals surface area contributed by atoms with E-state index in [2.05, 4.69) is 5.73 Å². The minimum atomic E-state index is -6.09. The van der Waals surface area contributed by atoms with Gasteiger partial charge >= 0.3 is 5.51 Å². The molecule has 5 nitrogen and oxygen atoms in total. The Hall–Kier alpha value is -0.670. The van der Waals surface area contributed by atoms with Gasteiger partial charge in [-0.05, 0) is 0 Å². The quantitative estimate of drug-likeness (QED) is 0.286. The Morgan fingerprint density at radius 2 is 1.45 bits per heavy atom. The van der Waals surface area contributed by atoms with Crippen molar-refractivity contribution in [1.29, 1.82) is 0 Å². The molecule has 11 heavy (non-hydrogen) atoms. The number of rotatable bonds is 0. The highest BCUT2D eigenvalue weighted by molar-refractivity contribution is 7.86. The molecule has 0 aliphatic rings. The molecule has 0 bridgehead atoms. The van der Waals surface area contributed by atoms with E-state index in [-0.39, 0.29) is 0 Å². The normalized spacial score (nSPS) is 11.4. The molecule has 0 heterocycles. The molecule has 1 amide bonds. The first-order chi connectivity index (χ1) is 4.66. The van der Waals surface area contributed by atoms with Gasteiger partial charge in [-0.3, -0.25) is 5.73 Å². The van der Waals surface area contributed by atoms with Crippen LogP contribution in [0, 0.1) is 0 Å². The van der Waals surface area contributed by atoms with Gasteiger partial charge < -0.3 is 4.55 Å². The molecular weight excluding hydrogens is 191 g/mol. The predicted octanol–water partition coefficient (Wildman–Crippen LogP) is -1.56. The molecule has 0 aromatic carbocycles. The molecule has 0 atom stereocenters. The maximum Gasteiger partial charge on any atom is 0.485 e. The molecule has 0 unspecified atom stereocenters. The van der Waals surface area contributed by atoms with Gasteiger partial charge in [-0.25, -0.2) is 13.2 Å². The molecule has 0 rings (SSSR count). The fourth-order valence-electron chi connectivity index (χ4n) is 0. The Kier molecular flexibility index (Phi) is 5.02. The van der Waals surface area contributed by atoms with E-state index in [4.69, 9.17) is 17.8 Å². The van der Waals surface area contributed by atoms with Crippen LogP contribution in [0.15, 0.2) is 0 Å². The summed E-state index contributed by atoms with van der Waals surface area (Å²) in [5.74, 6) is 0. The smallest absolute Gasteiger partial charge is 0.485 e. The monoisotopic (exact) mass is 195 g/mol. The van der Waals surface area contributed by atoms with Crippen molar-refractivity contribution in [1.82, 2.24) is 0 Å². The number of hydrogen-bond donors (Lipinski definition) is 1. The Labute approximate surface area is 59.7 Å². The molecule has 68 valence electrons. The van der Waals surface area contributed by atoms with Crippen molar-refractivity contribution in [2.45, 2.75) is 5.51 Å². The molecule has 0 aromatic rings. The number of carbonyl (C=O) groups excluding carboxylic acids is 1. The second kappa shape index (κ2) is 4.26. The first kappa shape index (κ1) is 13.0. The summed E-state index contributed by atoms with van der Waals surface area (Å²) in [6.45, 7) is 0. The number of hydrogen-bond acceptors (Lipinski definition) is 4. The van der Waals surface area contributed by atoms with E-state index in [1.165, 1.54) is 0 Å². The van der Waals surface area contributed by atoms with Crippen LogP contribution in [0.3, 0.4) is 0 Å². The topological polar surface area (TPSA) is 102 Å². The summed E-state index contributed by atoms with van der Waals surface area (Å²) in [5, 5.41) is 0. The molecule has 0 aromatic heterocycles. The third-order valence-corrected chi connectivity index (χ3v) is 0.850. The van der Waals surface area contributed by atoms with Gasteiger partial charge in [-0.2, -0.15) is 13.2 Å². The van der Waals surface area contributed by atoms with E-state index in [1.807, 2.05) is 0 Å². The first-order valence-electron chi connectivity index (χ1n) is 1.92. The SMILES string of the molecule is O=S(=O)([O-])C(F)(F)F.[NH3+]C=O. The van der Waals surface area contributed by atoms with E-state index < -0.39 is 15.6 Å². The molecule has 0 aliphatic carbocycles. The minimum Gasteiger partial charge on any atom is -0.741 e. The number of quaternary nitrogens is 1. The van der Waals surface area contributed by atoms with Crippen LogP contribution in [-0.2, 0) is 14.9 Å². The predicted molar refractivity (Wildman–Crippen MR) is 24.7 cm³/mol. The fourth-order valence-corrected chi connectivity index (χ4v) is 0. The summed E-state index contributed by atoms with van der Waals surface area (Å²) in [6.07, 6.45) is 0.500. The zero-order valence-corrected chi connectivity index (χ0v) is 5.78. The standard InChI is InChI=1S/CHF3O3S.CH3NO/c2-1(3,4)8(5,6)7;2-1-3/h(H,5,6,7);1H,(H2,2,3). The third-order valence-electron chi connectivity index (χ3n) is 0.283. The van der Waals surface area contributed by atoms with Crippen LogP contribution in [0.1, 0.15) is 0 Å². The van der Waals surface area contributed by atoms with Crippen LogP contribution in [0.4, 0.5) is 13.2 Å². The molecular formula is C2H4F3NO4S. The van der Waals surface area contributed by atoms with E-state index in [0.29, 0.717) is 6.41 Å². The average molecular weight is 195 g/mol. The summed E-state index contributed by atoms with van der Waals surface area (Å²) in [4.78, 5) is 8.69. The van der Waals surface area contributed by atoms with Gasteiger partial charge in [-0.15, -0.1) is 0 Å². The van der Waals surface area contributed by atoms with Crippen LogP contribution in [0.2, 0.25) is 0 Å². The van der Waals surface area contributed by atoms with Crippen molar-refractivity contribution in [2.24, 2.45) is 0 Å². The van der Waals surface area contributed by atoms with Crippen molar-refractivity contribution < 1.29 is 36.7 Å². The second-order valence-corrected chi connectivity index (χ2v) is 2.44. The highest BCUT2D eigenvalue weighted by atomic mass is 32.2. The van der Waals surface area contributed by atoms with Crippen molar-refractivity contribution in [3.63, 3.8) is 0 Å². The lowest BCUT2D eigenvalue weighted by Gasteiger charge is -2.08. The van der Waals surface area contributed by atoms with E-state index in [1.54, 1.807) is 0 Å². The molecule has 3 N–H and O–H groups in total. The fraction of sp³-hybridized carbons (Fsp3) is 0.500. The van der Waals surface area contributed by atoms with Crippen LogP contribution in [0.5, 0.6) is 0 Å². The lowest BCUT2D eigenvalue weighted by molar-refractivity contribution is -0.283. The van der Waals surface area contributed by atoms with Crippen molar-refractivity contribution in [3.8, 4) is 0 Å². The highest BCUT2D eigenvalue weighted by Gasteiger charge is 2.36. The molecule has 0 fully saturated rings. The summed E-state index contributed by atoms with van der Waals surface area (Å²) in [6, 6.07) is 0. The number of halogens is 3. The first-order valence-corrected chi connectivity index (χ1v) is 3.32. The number of amides is 1. The molecule has 0 aliphatic heterocycles. The van der Waals surface area contributed by atoms with E-state index in [0.717, 1.165) is 0 Å². The Bertz CT molecular complexity index is 206. The Balaban J connectivity index is 0. The number of alkyl halides is 3. The molecule has 0 saturated carbocycles. The maximum absolute atomic E-state index is 10.7. The minimum absolute atomic E-state index is 0.500. The van der Waals surface area contributed by atoms with Gasteiger partial charge in [0.1, 0.15) is 0 Å². The van der Waals surface area contributed by atoms with Crippen LogP contribution < -0.4 is 5.73 Å². The van der Waals surface area contributed by atoms with Crippen LogP contribution >= 0.6 is 0 Å². The Morgan fingerprint density at radius 3 is 1.45 bits per heavy atom. The van der Waals surface area contributed by atoms with Gasteiger partial charge in [0.25, 0.3) is 6.41 Å². The molecule has 0 saturated heterocycles. The summed E-state index contributed by atoms with van der Waals surface area (Å²) in [7, 11) is -6.09. The third kappa shape index (κ3) is 7.22. The van der Waals surface area contributed by atoms with E-state index in [9.17, 15) is 13.2 Å².